The zero-order valence-corrected chi connectivity index (χ0v) is 16.0. The molecule has 8 nitrogen and oxygen atoms in total. The molecule has 2 aromatic heterocycles. The number of imidazole rings is 1. The Balaban J connectivity index is 1.53. The zero-order valence-electron chi connectivity index (χ0n) is 16.0. The van der Waals surface area contributed by atoms with Crippen LogP contribution in [0.3, 0.4) is 0 Å². The van der Waals surface area contributed by atoms with Gasteiger partial charge in [0.2, 0.25) is 5.95 Å². The lowest BCUT2D eigenvalue weighted by Crippen LogP contribution is -2.36. The fourth-order valence-corrected chi connectivity index (χ4v) is 3.33. The standard InChI is InChI=1S/C20H24N6O2/c1-14-12-26(13-22-14)17-4-3-15(11-18(17)28-2)23-20-21-8-5-19(24-20)25-9-6-16(27)7-10-25/h3-5,8,11-13,16,27H,6-7,9-10H2,1-2H3,(H,21,23,24). The van der Waals surface area contributed by atoms with E-state index in [-0.39, 0.29) is 6.10 Å². The van der Waals surface area contributed by atoms with Gasteiger partial charge in [-0.15, -0.1) is 0 Å². The van der Waals surface area contributed by atoms with E-state index < -0.39 is 0 Å². The van der Waals surface area contributed by atoms with Gasteiger partial charge in [-0.1, -0.05) is 0 Å². The molecule has 3 aromatic rings. The van der Waals surface area contributed by atoms with Gasteiger partial charge >= 0.3 is 0 Å². The Hall–Kier alpha value is -3.13. The summed E-state index contributed by atoms with van der Waals surface area (Å²) >= 11 is 0. The molecule has 0 amide bonds. The minimum Gasteiger partial charge on any atom is -0.494 e. The summed E-state index contributed by atoms with van der Waals surface area (Å²) in [6.45, 7) is 3.54. The summed E-state index contributed by atoms with van der Waals surface area (Å²) in [6.07, 6.45) is 6.78. The Labute approximate surface area is 163 Å². The van der Waals surface area contributed by atoms with Gasteiger partial charge in [0.15, 0.2) is 0 Å². The number of aryl methyl sites for hydroxylation is 1. The van der Waals surface area contributed by atoms with Crippen LogP contribution in [-0.2, 0) is 0 Å². The van der Waals surface area contributed by atoms with E-state index in [1.165, 1.54) is 0 Å². The van der Waals surface area contributed by atoms with Gasteiger partial charge in [-0.2, -0.15) is 4.98 Å². The third-order valence-electron chi connectivity index (χ3n) is 4.86. The number of methoxy groups -OCH3 is 1. The van der Waals surface area contributed by atoms with Crippen molar-refractivity contribution in [2.75, 3.05) is 30.4 Å². The largest absolute Gasteiger partial charge is 0.494 e. The monoisotopic (exact) mass is 380 g/mol. The first-order valence-electron chi connectivity index (χ1n) is 9.34. The molecule has 0 saturated carbocycles. The number of nitrogens with one attached hydrogen (secondary N) is 1. The molecule has 3 heterocycles. The van der Waals surface area contributed by atoms with E-state index in [1.807, 2.05) is 42.0 Å². The summed E-state index contributed by atoms with van der Waals surface area (Å²) in [5.41, 5.74) is 2.69. The molecule has 0 aliphatic carbocycles. The maximum absolute atomic E-state index is 9.69. The lowest BCUT2D eigenvalue weighted by atomic mass is 10.1. The van der Waals surface area contributed by atoms with Crippen molar-refractivity contribution in [1.29, 1.82) is 0 Å². The molecule has 146 valence electrons. The Morgan fingerprint density at radius 1 is 1.18 bits per heavy atom. The van der Waals surface area contributed by atoms with E-state index in [0.717, 1.165) is 54.6 Å². The number of hydrogen-bond acceptors (Lipinski definition) is 7. The van der Waals surface area contributed by atoms with E-state index in [2.05, 4.69) is 25.2 Å². The smallest absolute Gasteiger partial charge is 0.229 e. The van der Waals surface area contributed by atoms with Crippen molar-refractivity contribution in [3.63, 3.8) is 0 Å². The van der Waals surface area contributed by atoms with E-state index in [1.54, 1.807) is 19.6 Å². The molecule has 0 bridgehead atoms. The molecular formula is C20H24N6O2. The number of benzene rings is 1. The summed E-state index contributed by atoms with van der Waals surface area (Å²) < 4.78 is 7.49. The minimum atomic E-state index is -0.207. The number of anilines is 3. The molecule has 28 heavy (non-hydrogen) atoms. The molecule has 1 saturated heterocycles. The van der Waals surface area contributed by atoms with Gasteiger partial charge < -0.3 is 24.6 Å². The Morgan fingerprint density at radius 3 is 2.71 bits per heavy atom. The average Bonchev–Trinajstić information content (AvgIpc) is 3.15. The van der Waals surface area contributed by atoms with Crippen LogP contribution in [0.5, 0.6) is 5.75 Å². The summed E-state index contributed by atoms with van der Waals surface area (Å²) in [6, 6.07) is 7.74. The van der Waals surface area contributed by atoms with E-state index in [0.29, 0.717) is 5.95 Å². The van der Waals surface area contributed by atoms with Gasteiger partial charge in [0.25, 0.3) is 0 Å². The van der Waals surface area contributed by atoms with Crippen molar-refractivity contribution in [2.45, 2.75) is 25.9 Å². The van der Waals surface area contributed by atoms with Crippen molar-refractivity contribution in [3.05, 3.63) is 48.7 Å². The van der Waals surface area contributed by atoms with Crippen molar-refractivity contribution >= 4 is 17.5 Å². The van der Waals surface area contributed by atoms with Crippen LogP contribution in [-0.4, -0.2) is 50.9 Å². The maximum atomic E-state index is 9.69. The fourth-order valence-electron chi connectivity index (χ4n) is 3.33. The molecule has 1 aliphatic heterocycles. The molecular weight excluding hydrogens is 356 g/mol. The topological polar surface area (TPSA) is 88.3 Å². The number of aromatic nitrogens is 4. The molecule has 1 aromatic carbocycles. The highest BCUT2D eigenvalue weighted by molar-refractivity contribution is 5.62. The quantitative estimate of drug-likeness (QED) is 0.703. The zero-order chi connectivity index (χ0) is 19.5. The molecule has 8 heteroatoms. The SMILES string of the molecule is COc1cc(Nc2nccc(N3CCC(O)CC3)n2)ccc1-n1cnc(C)c1. The molecule has 0 radical (unpaired) electrons. The minimum absolute atomic E-state index is 0.207. The number of aliphatic hydroxyl groups is 1. The van der Waals surface area contributed by atoms with Crippen molar-refractivity contribution in [1.82, 2.24) is 19.5 Å². The van der Waals surface area contributed by atoms with Gasteiger partial charge in [0.05, 0.1) is 30.9 Å². The highest BCUT2D eigenvalue weighted by atomic mass is 16.5. The molecule has 0 unspecified atom stereocenters. The second-order valence-electron chi connectivity index (χ2n) is 6.89. The van der Waals surface area contributed by atoms with Gasteiger partial charge in [-0.25, -0.2) is 9.97 Å². The highest BCUT2D eigenvalue weighted by Crippen LogP contribution is 2.28. The molecule has 4 rings (SSSR count). The molecule has 0 atom stereocenters. The van der Waals surface area contributed by atoms with Crippen LogP contribution < -0.4 is 15.0 Å². The molecule has 1 aliphatic rings. The third-order valence-corrected chi connectivity index (χ3v) is 4.86. The Morgan fingerprint density at radius 2 is 2.00 bits per heavy atom. The average molecular weight is 380 g/mol. The Bertz CT molecular complexity index is 949. The van der Waals surface area contributed by atoms with Crippen LogP contribution in [0.2, 0.25) is 0 Å². The summed E-state index contributed by atoms with van der Waals surface area (Å²) in [7, 11) is 1.65. The first-order chi connectivity index (χ1) is 13.6. The molecule has 1 fully saturated rings. The van der Waals surface area contributed by atoms with Gasteiger partial charge in [-0.3, -0.25) is 0 Å². The normalized spacial score (nSPS) is 14.9. The number of rotatable bonds is 5. The fraction of sp³-hybridized carbons (Fsp3) is 0.350. The van der Waals surface area contributed by atoms with Crippen LogP contribution in [0.4, 0.5) is 17.5 Å². The van der Waals surface area contributed by atoms with Gasteiger partial charge in [0.1, 0.15) is 11.6 Å². The van der Waals surface area contributed by atoms with Crippen LogP contribution in [0.15, 0.2) is 43.0 Å². The molecule has 0 spiro atoms. The van der Waals surface area contributed by atoms with Crippen LogP contribution in [0, 0.1) is 6.92 Å². The lowest BCUT2D eigenvalue weighted by molar-refractivity contribution is 0.145. The third kappa shape index (κ3) is 3.91. The van der Waals surface area contributed by atoms with Crippen LogP contribution in [0.1, 0.15) is 18.5 Å². The number of ether oxygens (including phenoxy) is 1. The maximum Gasteiger partial charge on any atom is 0.229 e. The first kappa shape index (κ1) is 18.2. The number of aliphatic hydroxyl groups excluding tert-OH is 1. The lowest BCUT2D eigenvalue weighted by Gasteiger charge is -2.30. The second kappa shape index (κ2) is 7.85. The Kier molecular flexibility index (Phi) is 5.12. The molecule has 2 N–H and O–H groups in total. The summed E-state index contributed by atoms with van der Waals surface area (Å²) in [4.78, 5) is 15.4. The van der Waals surface area contributed by atoms with Crippen LogP contribution in [0.25, 0.3) is 5.69 Å². The van der Waals surface area contributed by atoms with Crippen LogP contribution >= 0.6 is 0 Å². The first-order valence-corrected chi connectivity index (χ1v) is 9.34. The van der Waals surface area contributed by atoms with E-state index in [4.69, 9.17) is 4.74 Å². The number of piperidine rings is 1. The van der Waals surface area contributed by atoms with E-state index >= 15 is 0 Å². The summed E-state index contributed by atoms with van der Waals surface area (Å²) in [5, 5.41) is 12.9. The predicted octanol–water partition coefficient (Wildman–Crippen LogP) is 2.68. The highest BCUT2D eigenvalue weighted by Gasteiger charge is 2.18. The number of nitrogens with zero attached hydrogens (tertiary/aromatic N) is 5. The number of hydrogen-bond donors (Lipinski definition) is 2. The van der Waals surface area contributed by atoms with Crippen molar-refractivity contribution in [2.24, 2.45) is 0 Å². The van der Waals surface area contributed by atoms with Crippen molar-refractivity contribution in [3.8, 4) is 11.4 Å². The summed E-state index contributed by atoms with van der Waals surface area (Å²) in [5.74, 6) is 2.11. The second-order valence-corrected chi connectivity index (χ2v) is 6.89. The van der Waals surface area contributed by atoms with Gasteiger partial charge in [0, 0.05) is 37.2 Å². The predicted molar refractivity (Wildman–Crippen MR) is 108 cm³/mol. The van der Waals surface area contributed by atoms with E-state index in [9.17, 15) is 5.11 Å². The van der Waals surface area contributed by atoms with Gasteiger partial charge in [-0.05, 0) is 38.0 Å². The van der Waals surface area contributed by atoms with Crippen molar-refractivity contribution < 1.29 is 9.84 Å².